The molecule has 0 radical (unpaired) electrons. The summed E-state index contributed by atoms with van der Waals surface area (Å²) in [6, 6.07) is 4.61. The molecule has 0 unspecified atom stereocenters. The molecule has 0 saturated carbocycles. The maximum Gasteiger partial charge on any atom is 0.240 e. The quantitative estimate of drug-likeness (QED) is 0.884. The third-order valence-corrected chi connectivity index (χ3v) is 5.01. The summed E-state index contributed by atoms with van der Waals surface area (Å²) in [7, 11) is -3.52. The number of hydrogen-bond donors (Lipinski definition) is 2. The first-order valence-electron chi connectivity index (χ1n) is 6.32. The van der Waals surface area contributed by atoms with Crippen molar-refractivity contribution in [3.05, 3.63) is 23.8 Å². The summed E-state index contributed by atoms with van der Waals surface area (Å²) in [5.74, 6) is -0.409. The van der Waals surface area contributed by atoms with Crippen LogP contribution in [0.2, 0.25) is 0 Å². The molecule has 1 amide bonds. The molecule has 5 nitrogen and oxygen atoms in total. The smallest absolute Gasteiger partial charge is 0.240 e. The van der Waals surface area contributed by atoms with Crippen molar-refractivity contribution in [2.24, 2.45) is 0 Å². The molecule has 2 rings (SSSR count). The van der Waals surface area contributed by atoms with Gasteiger partial charge in [-0.05, 0) is 44.0 Å². The first-order valence-corrected chi connectivity index (χ1v) is 7.80. The summed E-state index contributed by atoms with van der Waals surface area (Å²) < 4.78 is 27.0. The Morgan fingerprint density at radius 2 is 2.11 bits per heavy atom. The summed E-state index contributed by atoms with van der Waals surface area (Å²) in [6.45, 7) is 5.50. The fourth-order valence-corrected chi connectivity index (χ4v) is 3.34. The highest BCUT2D eigenvalue weighted by atomic mass is 32.2. The maximum atomic E-state index is 12.2. The minimum absolute atomic E-state index is 0.0977. The molecule has 0 aliphatic carbocycles. The number of carbonyl (C=O) groups is 1. The second-order valence-corrected chi connectivity index (χ2v) is 6.60. The van der Waals surface area contributed by atoms with Crippen LogP contribution in [0.25, 0.3) is 0 Å². The Morgan fingerprint density at radius 1 is 1.42 bits per heavy atom. The number of anilines is 1. The van der Waals surface area contributed by atoms with E-state index in [0.717, 1.165) is 12.0 Å². The molecule has 0 fully saturated rings. The largest absolute Gasteiger partial charge is 0.325 e. The molecule has 0 saturated heterocycles. The van der Waals surface area contributed by atoms with E-state index in [-0.39, 0.29) is 22.8 Å². The third kappa shape index (κ3) is 2.64. The van der Waals surface area contributed by atoms with E-state index in [0.29, 0.717) is 5.69 Å². The molecule has 1 aliphatic rings. The van der Waals surface area contributed by atoms with Gasteiger partial charge in [0.2, 0.25) is 15.9 Å². The number of nitrogens with one attached hydrogen (secondary N) is 2. The van der Waals surface area contributed by atoms with E-state index in [1.54, 1.807) is 19.1 Å². The van der Waals surface area contributed by atoms with E-state index in [1.165, 1.54) is 6.07 Å². The van der Waals surface area contributed by atoms with Crippen molar-refractivity contribution >= 4 is 21.6 Å². The van der Waals surface area contributed by atoms with E-state index in [4.69, 9.17) is 0 Å². The summed E-state index contributed by atoms with van der Waals surface area (Å²) in [5.41, 5.74) is 1.43. The zero-order valence-electron chi connectivity index (χ0n) is 11.2. The molecule has 2 N–H and O–H groups in total. The Labute approximate surface area is 113 Å². The molecule has 0 aromatic heterocycles. The van der Waals surface area contributed by atoms with Crippen LogP contribution < -0.4 is 10.0 Å². The Kier molecular flexibility index (Phi) is 3.64. The summed E-state index contributed by atoms with van der Waals surface area (Å²) >= 11 is 0. The molecule has 1 heterocycles. The number of benzene rings is 1. The van der Waals surface area contributed by atoms with Crippen LogP contribution in [-0.2, 0) is 14.8 Å². The molecule has 104 valence electrons. The lowest BCUT2D eigenvalue weighted by Gasteiger charge is -2.13. The van der Waals surface area contributed by atoms with Gasteiger partial charge in [0.1, 0.15) is 0 Å². The standard InChI is InChI=1S/C13H18N2O3S/c1-4-8(2)15-19(17,18)10-5-6-12-11(7-10)9(3)13(16)14-12/h5-9,15H,4H2,1-3H3,(H,14,16)/t8-,9+/m0/s1. The van der Waals surface area contributed by atoms with Crippen LogP contribution in [0, 0.1) is 0 Å². The lowest BCUT2D eigenvalue weighted by molar-refractivity contribution is -0.116. The van der Waals surface area contributed by atoms with Crippen molar-refractivity contribution in [3.8, 4) is 0 Å². The van der Waals surface area contributed by atoms with Crippen LogP contribution in [0.5, 0.6) is 0 Å². The first kappa shape index (κ1) is 14.0. The monoisotopic (exact) mass is 282 g/mol. The van der Waals surface area contributed by atoms with Crippen LogP contribution in [0.4, 0.5) is 5.69 Å². The average molecular weight is 282 g/mol. The van der Waals surface area contributed by atoms with Gasteiger partial charge in [0.05, 0.1) is 10.8 Å². The van der Waals surface area contributed by atoms with Crippen molar-refractivity contribution in [2.75, 3.05) is 5.32 Å². The summed E-state index contributed by atoms with van der Waals surface area (Å²) in [6.07, 6.45) is 0.723. The first-order chi connectivity index (χ1) is 8.85. The van der Waals surface area contributed by atoms with Crippen molar-refractivity contribution in [3.63, 3.8) is 0 Å². The molecule has 1 aromatic rings. The highest BCUT2D eigenvalue weighted by molar-refractivity contribution is 7.89. The minimum atomic E-state index is -3.52. The third-order valence-electron chi connectivity index (χ3n) is 3.42. The van der Waals surface area contributed by atoms with Crippen molar-refractivity contribution in [1.82, 2.24) is 4.72 Å². The van der Waals surface area contributed by atoms with E-state index in [2.05, 4.69) is 10.0 Å². The molecular weight excluding hydrogens is 264 g/mol. The second-order valence-electron chi connectivity index (χ2n) is 4.89. The van der Waals surface area contributed by atoms with Gasteiger partial charge in [0, 0.05) is 11.7 Å². The zero-order chi connectivity index (χ0) is 14.2. The van der Waals surface area contributed by atoms with Gasteiger partial charge in [0.15, 0.2) is 0 Å². The number of carbonyl (C=O) groups excluding carboxylic acids is 1. The van der Waals surface area contributed by atoms with E-state index in [1.807, 2.05) is 13.8 Å². The van der Waals surface area contributed by atoms with Gasteiger partial charge in [-0.3, -0.25) is 4.79 Å². The topological polar surface area (TPSA) is 75.3 Å². The van der Waals surface area contributed by atoms with E-state index in [9.17, 15) is 13.2 Å². The molecule has 6 heteroatoms. The molecular formula is C13H18N2O3S. The van der Waals surface area contributed by atoms with E-state index >= 15 is 0 Å². The predicted octanol–water partition coefficient (Wildman–Crippen LogP) is 1.82. The lowest BCUT2D eigenvalue weighted by Crippen LogP contribution is -2.32. The van der Waals surface area contributed by atoms with Crippen LogP contribution in [0.3, 0.4) is 0 Å². The normalized spacial score (nSPS) is 19.9. The van der Waals surface area contributed by atoms with Crippen LogP contribution >= 0.6 is 0 Å². The molecule has 0 spiro atoms. The van der Waals surface area contributed by atoms with Crippen molar-refractivity contribution in [1.29, 1.82) is 0 Å². The Hall–Kier alpha value is -1.40. The van der Waals surface area contributed by atoms with Gasteiger partial charge < -0.3 is 5.32 Å². The average Bonchev–Trinajstić information content (AvgIpc) is 2.64. The van der Waals surface area contributed by atoms with Gasteiger partial charge >= 0.3 is 0 Å². The molecule has 1 aromatic carbocycles. The van der Waals surface area contributed by atoms with Gasteiger partial charge in [-0.2, -0.15) is 0 Å². The van der Waals surface area contributed by atoms with Gasteiger partial charge in [0.25, 0.3) is 0 Å². The number of amides is 1. The SMILES string of the molecule is CC[C@H](C)NS(=O)(=O)c1ccc2c(c1)[C@@H](C)C(=O)N2. The number of fused-ring (bicyclic) bond motifs is 1. The van der Waals surface area contributed by atoms with Crippen LogP contribution in [0.15, 0.2) is 23.1 Å². The summed E-state index contributed by atoms with van der Waals surface area (Å²) in [4.78, 5) is 11.7. The lowest BCUT2D eigenvalue weighted by atomic mass is 10.0. The zero-order valence-corrected chi connectivity index (χ0v) is 12.0. The summed E-state index contributed by atoms with van der Waals surface area (Å²) in [5, 5.41) is 2.72. The maximum absolute atomic E-state index is 12.2. The molecule has 1 aliphatic heterocycles. The Balaban J connectivity index is 2.36. The Morgan fingerprint density at radius 3 is 2.74 bits per heavy atom. The van der Waals surface area contributed by atoms with Crippen LogP contribution in [-0.4, -0.2) is 20.4 Å². The fraction of sp³-hybridized carbons (Fsp3) is 0.462. The van der Waals surface area contributed by atoms with Crippen LogP contribution in [0.1, 0.15) is 38.7 Å². The highest BCUT2D eigenvalue weighted by Gasteiger charge is 2.28. The van der Waals surface area contributed by atoms with E-state index < -0.39 is 10.0 Å². The highest BCUT2D eigenvalue weighted by Crippen LogP contribution is 2.33. The van der Waals surface area contributed by atoms with Crippen molar-refractivity contribution in [2.45, 2.75) is 44.0 Å². The van der Waals surface area contributed by atoms with Gasteiger partial charge in [-0.1, -0.05) is 6.92 Å². The molecule has 19 heavy (non-hydrogen) atoms. The second kappa shape index (κ2) is 4.94. The number of sulfonamides is 1. The molecule has 0 bridgehead atoms. The minimum Gasteiger partial charge on any atom is -0.325 e. The number of rotatable bonds is 4. The Bertz CT molecular complexity index is 610. The fourth-order valence-electron chi connectivity index (χ4n) is 1.98. The predicted molar refractivity (Wildman–Crippen MR) is 73.6 cm³/mol. The van der Waals surface area contributed by atoms with Crippen molar-refractivity contribution < 1.29 is 13.2 Å². The van der Waals surface area contributed by atoms with Gasteiger partial charge in [-0.15, -0.1) is 0 Å². The number of hydrogen-bond acceptors (Lipinski definition) is 3. The van der Waals surface area contributed by atoms with Gasteiger partial charge in [-0.25, -0.2) is 13.1 Å². The molecule has 2 atom stereocenters.